The van der Waals surface area contributed by atoms with Gasteiger partial charge in [0, 0.05) is 12.4 Å². The van der Waals surface area contributed by atoms with Gasteiger partial charge < -0.3 is 4.57 Å². The van der Waals surface area contributed by atoms with E-state index in [0.29, 0.717) is 0 Å². The van der Waals surface area contributed by atoms with Gasteiger partial charge in [-0.3, -0.25) is 0 Å². The highest BCUT2D eigenvalue weighted by Crippen LogP contribution is 2.27. The monoisotopic (exact) mass is 323 g/mol. The van der Waals surface area contributed by atoms with Crippen LogP contribution < -0.4 is 4.80 Å². The first-order valence-electron chi connectivity index (χ1n) is 6.91. The summed E-state index contributed by atoms with van der Waals surface area (Å²) in [4.78, 5) is 10.2. The van der Waals surface area contributed by atoms with Gasteiger partial charge in [0.1, 0.15) is 0 Å². The Balaban J connectivity index is 1.81. The van der Waals surface area contributed by atoms with E-state index in [1.165, 1.54) is 16.0 Å². The predicted molar refractivity (Wildman–Crippen MR) is 93.6 cm³/mol. The number of hydrogen-bond donors (Lipinski definition) is 0. The fourth-order valence-electron chi connectivity index (χ4n) is 2.33. The zero-order valence-electron chi connectivity index (χ0n) is 11.9. The highest BCUT2D eigenvalue weighted by Gasteiger charge is 2.06. The average molecular weight is 323 g/mol. The van der Waals surface area contributed by atoms with E-state index in [2.05, 4.69) is 45.3 Å². The van der Waals surface area contributed by atoms with Gasteiger partial charge in [0.05, 0.1) is 15.9 Å². The summed E-state index contributed by atoms with van der Waals surface area (Å²) < 4.78 is 3.29. The molecule has 22 heavy (non-hydrogen) atoms. The Hall–Kier alpha value is -2.24. The number of thiazole rings is 2. The van der Waals surface area contributed by atoms with Crippen LogP contribution in [0.2, 0.25) is 0 Å². The molecule has 0 aliphatic carbocycles. The molecule has 5 heteroatoms. The number of rotatable bonds is 2. The maximum Gasteiger partial charge on any atom is 0.212 e. The van der Waals surface area contributed by atoms with Crippen molar-refractivity contribution >= 4 is 38.0 Å². The number of aromatic nitrogens is 2. The number of para-hydroxylation sites is 1. The highest BCUT2D eigenvalue weighted by molar-refractivity contribution is 7.22. The van der Waals surface area contributed by atoms with Gasteiger partial charge in [0.25, 0.3) is 0 Å². The van der Waals surface area contributed by atoms with Crippen LogP contribution in [-0.2, 0) is 7.05 Å². The minimum absolute atomic E-state index is 0.804. The molecule has 0 N–H and O–H groups in total. The van der Waals surface area contributed by atoms with Crippen molar-refractivity contribution < 1.29 is 0 Å². The standard InChI is InChI=1S/C17H13N3S2/c1-20-14(12-7-3-2-4-8-12)11-21-17(20)19-16-18-13-9-5-6-10-15(13)22-16/h2-11H,1H3/b19-17+. The molecule has 0 saturated heterocycles. The zero-order chi connectivity index (χ0) is 14.9. The van der Waals surface area contributed by atoms with Crippen molar-refractivity contribution in [3.8, 4) is 11.3 Å². The van der Waals surface area contributed by atoms with E-state index in [1.807, 2.05) is 31.3 Å². The Morgan fingerprint density at radius 3 is 2.59 bits per heavy atom. The largest absolute Gasteiger partial charge is 0.319 e. The van der Waals surface area contributed by atoms with Gasteiger partial charge in [0.2, 0.25) is 5.13 Å². The smallest absolute Gasteiger partial charge is 0.212 e. The Morgan fingerprint density at radius 2 is 1.77 bits per heavy atom. The SMILES string of the molecule is Cn1c(-c2ccccc2)cs/c1=N/c1nc2ccccc2s1. The molecule has 4 aromatic rings. The number of nitrogens with zero attached hydrogens (tertiary/aromatic N) is 3. The molecule has 0 spiro atoms. The summed E-state index contributed by atoms with van der Waals surface area (Å²) in [6.07, 6.45) is 0. The third-order valence-corrected chi connectivity index (χ3v) is 5.32. The van der Waals surface area contributed by atoms with Gasteiger partial charge in [-0.2, -0.15) is 4.99 Å². The van der Waals surface area contributed by atoms with E-state index in [1.54, 1.807) is 22.7 Å². The molecule has 0 atom stereocenters. The maximum atomic E-state index is 4.71. The van der Waals surface area contributed by atoms with Gasteiger partial charge in [-0.1, -0.05) is 53.8 Å². The van der Waals surface area contributed by atoms with Crippen LogP contribution in [0.1, 0.15) is 0 Å². The molecular weight excluding hydrogens is 310 g/mol. The van der Waals surface area contributed by atoms with Crippen LogP contribution in [0.5, 0.6) is 0 Å². The van der Waals surface area contributed by atoms with Gasteiger partial charge in [-0.25, -0.2) is 4.98 Å². The average Bonchev–Trinajstić information content (AvgIpc) is 3.12. The molecule has 108 valence electrons. The Bertz CT molecular complexity index is 960. The Labute approximate surface area is 135 Å². The fraction of sp³-hybridized carbons (Fsp3) is 0.0588. The van der Waals surface area contributed by atoms with Crippen LogP contribution in [-0.4, -0.2) is 9.55 Å². The minimum Gasteiger partial charge on any atom is -0.319 e. The van der Waals surface area contributed by atoms with Crippen molar-refractivity contribution in [2.24, 2.45) is 12.0 Å². The van der Waals surface area contributed by atoms with Crippen molar-refractivity contribution in [3.05, 3.63) is 64.8 Å². The molecule has 2 heterocycles. The fourth-order valence-corrected chi connectivity index (χ4v) is 4.13. The summed E-state index contributed by atoms with van der Waals surface area (Å²) in [5, 5.41) is 2.94. The Kier molecular flexibility index (Phi) is 3.36. The summed E-state index contributed by atoms with van der Waals surface area (Å²) >= 11 is 3.26. The third kappa shape index (κ3) is 2.38. The number of fused-ring (bicyclic) bond motifs is 1. The van der Waals surface area contributed by atoms with E-state index >= 15 is 0 Å². The van der Waals surface area contributed by atoms with Crippen LogP contribution in [0.25, 0.3) is 21.5 Å². The quantitative estimate of drug-likeness (QED) is 0.530. The van der Waals surface area contributed by atoms with E-state index in [-0.39, 0.29) is 0 Å². The van der Waals surface area contributed by atoms with Crippen molar-refractivity contribution in [1.82, 2.24) is 9.55 Å². The molecule has 0 fully saturated rings. The molecule has 0 unspecified atom stereocenters. The highest BCUT2D eigenvalue weighted by atomic mass is 32.1. The zero-order valence-corrected chi connectivity index (χ0v) is 13.6. The molecule has 0 bridgehead atoms. The van der Waals surface area contributed by atoms with E-state index < -0.39 is 0 Å². The first-order valence-corrected chi connectivity index (χ1v) is 8.61. The van der Waals surface area contributed by atoms with Crippen molar-refractivity contribution in [1.29, 1.82) is 0 Å². The topological polar surface area (TPSA) is 30.2 Å². The summed E-state index contributed by atoms with van der Waals surface area (Å²) in [6, 6.07) is 18.5. The molecule has 3 nitrogen and oxygen atoms in total. The lowest BCUT2D eigenvalue weighted by molar-refractivity contribution is 0.882. The van der Waals surface area contributed by atoms with E-state index in [4.69, 9.17) is 4.99 Å². The molecule has 4 rings (SSSR count). The second kappa shape index (κ2) is 5.51. The summed E-state index contributed by atoms with van der Waals surface area (Å²) in [6.45, 7) is 0. The van der Waals surface area contributed by atoms with Gasteiger partial charge in [0.15, 0.2) is 4.80 Å². The molecule has 0 aliphatic heterocycles. The summed E-state index contributed by atoms with van der Waals surface area (Å²) in [5.41, 5.74) is 3.38. The molecule has 2 aromatic carbocycles. The molecular formula is C17H13N3S2. The van der Waals surface area contributed by atoms with Crippen molar-refractivity contribution in [2.75, 3.05) is 0 Å². The van der Waals surface area contributed by atoms with Crippen molar-refractivity contribution in [3.63, 3.8) is 0 Å². The molecule has 2 aromatic heterocycles. The van der Waals surface area contributed by atoms with Gasteiger partial charge in [-0.15, -0.1) is 11.3 Å². The third-order valence-electron chi connectivity index (χ3n) is 3.47. The number of benzene rings is 2. The molecule has 0 radical (unpaired) electrons. The molecule has 0 saturated carbocycles. The maximum absolute atomic E-state index is 4.71. The summed E-state index contributed by atoms with van der Waals surface area (Å²) in [7, 11) is 2.05. The van der Waals surface area contributed by atoms with Crippen LogP contribution in [0.4, 0.5) is 5.13 Å². The molecule has 0 amide bonds. The van der Waals surface area contributed by atoms with E-state index in [0.717, 1.165) is 15.4 Å². The van der Waals surface area contributed by atoms with Crippen molar-refractivity contribution in [2.45, 2.75) is 0 Å². The Morgan fingerprint density at radius 1 is 1.00 bits per heavy atom. The lowest BCUT2D eigenvalue weighted by atomic mass is 10.2. The minimum atomic E-state index is 0.804. The lowest BCUT2D eigenvalue weighted by Gasteiger charge is -2.01. The van der Waals surface area contributed by atoms with Gasteiger partial charge in [-0.05, 0) is 17.7 Å². The first-order chi connectivity index (χ1) is 10.8. The van der Waals surface area contributed by atoms with Crippen LogP contribution in [0.15, 0.2) is 65.0 Å². The predicted octanol–water partition coefficient (Wildman–Crippen LogP) is 4.60. The van der Waals surface area contributed by atoms with Crippen LogP contribution in [0, 0.1) is 0 Å². The second-order valence-electron chi connectivity index (χ2n) is 4.90. The first kappa shape index (κ1) is 13.4. The van der Waals surface area contributed by atoms with Crippen LogP contribution in [0.3, 0.4) is 0 Å². The number of hydrogen-bond acceptors (Lipinski definition) is 4. The van der Waals surface area contributed by atoms with E-state index in [9.17, 15) is 0 Å². The van der Waals surface area contributed by atoms with Gasteiger partial charge >= 0.3 is 0 Å². The summed E-state index contributed by atoms with van der Waals surface area (Å²) in [5.74, 6) is 0. The normalized spacial score (nSPS) is 12.1. The molecule has 0 aliphatic rings. The van der Waals surface area contributed by atoms with Crippen LogP contribution >= 0.6 is 22.7 Å². The lowest BCUT2D eigenvalue weighted by Crippen LogP contribution is -2.10. The second-order valence-corrected chi connectivity index (χ2v) is 6.75.